The zero-order chi connectivity index (χ0) is 12.5. The summed E-state index contributed by atoms with van der Waals surface area (Å²) in [7, 11) is 1.68. The van der Waals surface area contributed by atoms with Gasteiger partial charge in [0.2, 0.25) is 0 Å². The van der Waals surface area contributed by atoms with Crippen molar-refractivity contribution in [3.8, 4) is 0 Å². The zero-order valence-corrected chi connectivity index (χ0v) is 10.9. The summed E-state index contributed by atoms with van der Waals surface area (Å²) in [6.07, 6.45) is 0.872. The first-order chi connectivity index (χ1) is 8.09. The Labute approximate surface area is 106 Å². The second-order valence-corrected chi connectivity index (χ2v) is 4.91. The van der Waals surface area contributed by atoms with Crippen molar-refractivity contribution >= 4 is 11.6 Å². The fraction of sp³-hybridized carbons (Fsp3) is 0.538. The molecule has 1 saturated heterocycles. The monoisotopic (exact) mass is 257 g/mol. The van der Waals surface area contributed by atoms with Crippen molar-refractivity contribution in [1.29, 1.82) is 0 Å². The van der Waals surface area contributed by atoms with E-state index in [0.717, 1.165) is 31.6 Å². The van der Waals surface area contributed by atoms with Crippen LogP contribution in [-0.4, -0.2) is 31.6 Å². The van der Waals surface area contributed by atoms with E-state index in [-0.39, 0.29) is 5.82 Å². The number of benzene rings is 1. The highest BCUT2D eigenvalue weighted by molar-refractivity contribution is 6.30. The first-order valence-corrected chi connectivity index (χ1v) is 6.21. The van der Waals surface area contributed by atoms with Crippen LogP contribution in [0.1, 0.15) is 18.9 Å². The lowest BCUT2D eigenvalue weighted by atomic mass is 9.92. The lowest BCUT2D eigenvalue weighted by Gasteiger charge is -2.28. The quantitative estimate of drug-likeness (QED) is 0.825. The molecule has 1 aromatic carbocycles. The van der Waals surface area contributed by atoms with E-state index in [0.29, 0.717) is 5.02 Å². The number of hydrogen-bond acceptors (Lipinski definition) is 2. The molecule has 1 heterocycles. The molecule has 1 aromatic rings. The Bertz CT molecular complexity index is 392. The van der Waals surface area contributed by atoms with Crippen LogP contribution >= 0.6 is 11.6 Å². The van der Waals surface area contributed by atoms with Crippen molar-refractivity contribution < 1.29 is 9.13 Å². The van der Waals surface area contributed by atoms with Gasteiger partial charge in [0.25, 0.3) is 0 Å². The van der Waals surface area contributed by atoms with E-state index < -0.39 is 5.60 Å². The van der Waals surface area contributed by atoms with Crippen LogP contribution in [-0.2, 0) is 10.3 Å². The largest absolute Gasteiger partial charge is 0.372 e. The Balaban J connectivity index is 2.35. The maximum Gasteiger partial charge on any atom is 0.125 e. The Morgan fingerprint density at radius 2 is 2.24 bits per heavy atom. The van der Waals surface area contributed by atoms with E-state index >= 15 is 0 Å². The minimum absolute atomic E-state index is 0.307. The Morgan fingerprint density at radius 1 is 1.47 bits per heavy atom. The first kappa shape index (κ1) is 12.8. The molecular formula is C13H17ClFNO. The van der Waals surface area contributed by atoms with E-state index in [9.17, 15) is 4.39 Å². The van der Waals surface area contributed by atoms with Gasteiger partial charge < -0.3 is 9.64 Å². The van der Waals surface area contributed by atoms with Crippen LogP contribution in [0.5, 0.6) is 0 Å². The number of likely N-dealkylation sites (N-methyl/N-ethyl adjacent to an activating group) is 1. The second kappa shape index (κ2) is 4.92. The van der Waals surface area contributed by atoms with E-state index in [1.165, 1.54) is 12.1 Å². The molecule has 94 valence electrons. The van der Waals surface area contributed by atoms with Crippen LogP contribution in [0.4, 0.5) is 4.39 Å². The number of ether oxygens (including phenoxy) is 1. The van der Waals surface area contributed by atoms with Crippen LogP contribution < -0.4 is 0 Å². The van der Waals surface area contributed by atoms with Gasteiger partial charge in [-0.3, -0.25) is 0 Å². The number of halogens is 2. The summed E-state index contributed by atoms with van der Waals surface area (Å²) in [6.45, 7) is 4.86. The molecule has 0 saturated carbocycles. The first-order valence-electron chi connectivity index (χ1n) is 5.84. The minimum Gasteiger partial charge on any atom is -0.372 e. The van der Waals surface area contributed by atoms with Crippen LogP contribution in [0, 0.1) is 5.82 Å². The van der Waals surface area contributed by atoms with Crippen molar-refractivity contribution in [3.63, 3.8) is 0 Å². The van der Waals surface area contributed by atoms with Gasteiger partial charge in [-0.15, -0.1) is 0 Å². The van der Waals surface area contributed by atoms with Crippen molar-refractivity contribution in [2.75, 3.05) is 26.7 Å². The lowest BCUT2D eigenvalue weighted by molar-refractivity contribution is -0.00565. The molecule has 0 bridgehead atoms. The molecule has 1 unspecified atom stereocenters. The van der Waals surface area contributed by atoms with E-state index in [1.807, 2.05) is 0 Å². The van der Waals surface area contributed by atoms with Gasteiger partial charge in [0, 0.05) is 25.2 Å². The molecular weight excluding hydrogens is 241 g/mol. The molecule has 4 heteroatoms. The molecule has 0 amide bonds. The van der Waals surface area contributed by atoms with Gasteiger partial charge in [-0.25, -0.2) is 4.39 Å². The van der Waals surface area contributed by atoms with Crippen LogP contribution in [0.15, 0.2) is 18.2 Å². The van der Waals surface area contributed by atoms with Crippen LogP contribution in [0.3, 0.4) is 0 Å². The Hall–Kier alpha value is -0.640. The van der Waals surface area contributed by atoms with Crippen molar-refractivity contribution in [2.45, 2.75) is 18.9 Å². The maximum absolute atomic E-state index is 13.4. The Morgan fingerprint density at radius 3 is 2.76 bits per heavy atom. The van der Waals surface area contributed by atoms with E-state index in [1.54, 1.807) is 13.2 Å². The predicted molar refractivity (Wildman–Crippen MR) is 66.8 cm³/mol. The van der Waals surface area contributed by atoms with Crippen LogP contribution in [0.25, 0.3) is 0 Å². The molecule has 0 radical (unpaired) electrons. The smallest absolute Gasteiger partial charge is 0.125 e. The average Bonchev–Trinajstić information content (AvgIpc) is 2.72. The fourth-order valence-electron chi connectivity index (χ4n) is 2.46. The number of likely N-dealkylation sites (tertiary alicyclic amines) is 1. The van der Waals surface area contributed by atoms with Crippen LogP contribution in [0.2, 0.25) is 5.02 Å². The molecule has 0 N–H and O–H groups in total. The SMILES string of the molecule is CCN1CCC(OC)(c2cc(F)cc(Cl)c2)C1. The molecule has 1 fully saturated rings. The van der Waals surface area contributed by atoms with E-state index in [2.05, 4.69) is 11.8 Å². The summed E-state index contributed by atoms with van der Waals surface area (Å²) >= 11 is 5.91. The van der Waals surface area contributed by atoms with Gasteiger partial charge in [0.15, 0.2) is 0 Å². The highest BCUT2D eigenvalue weighted by atomic mass is 35.5. The maximum atomic E-state index is 13.4. The summed E-state index contributed by atoms with van der Waals surface area (Å²) in [5.41, 5.74) is 0.419. The third-order valence-electron chi connectivity index (χ3n) is 3.54. The summed E-state index contributed by atoms with van der Waals surface area (Å²) in [4.78, 5) is 2.29. The number of methoxy groups -OCH3 is 1. The highest BCUT2D eigenvalue weighted by Crippen LogP contribution is 2.36. The zero-order valence-electron chi connectivity index (χ0n) is 10.2. The number of nitrogens with zero attached hydrogens (tertiary/aromatic N) is 1. The van der Waals surface area contributed by atoms with Gasteiger partial charge >= 0.3 is 0 Å². The molecule has 17 heavy (non-hydrogen) atoms. The van der Waals surface area contributed by atoms with Gasteiger partial charge in [0.05, 0.1) is 0 Å². The van der Waals surface area contributed by atoms with Gasteiger partial charge in [-0.2, -0.15) is 0 Å². The molecule has 0 aliphatic carbocycles. The fourth-order valence-corrected chi connectivity index (χ4v) is 2.69. The topological polar surface area (TPSA) is 12.5 Å². The molecule has 1 aliphatic rings. The van der Waals surface area contributed by atoms with Crippen molar-refractivity contribution in [1.82, 2.24) is 4.90 Å². The third kappa shape index (κ3) is 2.46. The standard InChI is InChI=1S/C13H17ClFNO/c1-3-16-5-4-13(9-16,17-2)10-6-11(14)8-12(15)7-10/h6-8H,3-5,9H2,1-2H3. The Kier molecular flexibility index (Phi) is 3.71. The van der Waals surface area contributed by atoms with Crippen molar-refractivity contribution in [3.05, 3.63) is 34.6 Å². The van der Waals surface area contributed by atoms with Gasteiger partial charge in [-0.1, -0.05) is 18.5 Å². The van der Waals surface area contributed by atoms with Crippen molar-refractivity contribution in [2.24, 2.45) is 0 Å². The van der Waals surface area contributed by atoms with E-state index in [4.69, 9.17) is 16.3 Å². The third-order valence-corrected chi connectivity index (χ3v) is 3.76. The summed E-state index contributed by atoms with van der Waals surface area (Å²) in [5, 5.41) is 0.423. The normalized spacial score (nSPS) is 25.4. The van der Waals surface area contributed by atoms with Gasteiger partial charge in [-0.05, 0) is 36.7 Å². The second-order valence-electron chi connectivity index (χ2n) is 4.48. The summed E-state index contributed by atoms with van der Waals surface area (Å²) in [6, 6.07) is 4.64. The average molecular weight is 258 g/mol. The molecule has 0 aromatic heterocycles. The number of rotatable bonds is 3. The summed E-state index contributed by atoms with van der Waals surface area (Å²) in [5.74, 6) is -0.307. The van der Waals surface area contributed by atoms with Gasteiger partial charge in [0.1, 0.15) is 11.4 Å². The summed E-state index contributed by atoms with van der Waals surface area (Å²) < 4.78 is 19.1. The highest BCUT2D eigenvalue weighted by Gasteiger charge is 2.39. The molecule has 0 spiro atoms. The molecule has 2 nitrogen and oxygen atoms in total. The molecule has 1 atom stereocenters. The minimum atomic E-state index is -0.415. The predicted octanol–water partition coefficient (Wildman–Crippen LogP) is 3.05. The lowest BCUT2D eigenvalue weighted by Crippen LogP contribution is -2.33. The molecule has 1 aliphatic heterocycles. The number of hydrogen-bond donors (Lipinski definition) is 0. The molecule has 2 rings (SSSR count).